The first-order valence-corrected chi connectivity index (χ1v) is 28.9. The van der Waals surface area contributed by atoms with Gasteiger partial charge in [-0.05, 0) is 71.7 Å². The van der Waals surface area contributed by atoms with Crippen LogP contribution in [0.1, 0.15) is 87.8 Å². The number of rotatable bonds is 10. The van der Waals surface area contributed by atoms with Gasteiger partial charge >= 0.3 is 11.8 Å². The van der Waals surface area contributed by atoms with Gasteiger partial charge in [0, 0.05) is 24.0 Å². The molecule has 4 aliphatic heterocycles. The van der Waals surface area contributed by atoms with Gasteiger partial charge in [-0.1, -0.05) is 138 Å². The van der Waals surface area contributed by atoms with Crippen molar-refractivity contribution in [3.63, 3.8) is 0 Å². The van der Waals surface area contributed by atoms with Crippen molar-refractivity contribution < 1.29 is 37.6 Å². The third kappa shape index (κ3) is 9.03. The lowest BCUT2D eigenvalue weighted by atomic mass is 10.0. The molecule has 4 aromatic carbocycles. The van der Waals surface area contributed by atoms with Crippen molar-refractivity contribution in [1.82, 2.24) is 0 Å². The second-order valence-corrected chi connectivity index (χ2v) is 31.2. The summed E-state index contributed by atoms with van der Waals surface area (Å²) in [7, 11) is -4.11. The fourth-order valence-electron chi connectivity index (χ4n) is 9.75. The summed E-state index contributed by atoms with van der Waals surface area (Å²) >= 11 is 0. The molecule has 0 aromatic heterocycles. The predicted octanol–water partition coefficient (Wildman–Crippen LogP) is 8.70. The van der Waals surface area contributed by atoms with Crippen molar-refractivity contribution in [2.24, 2.45) is 0 Å². The fourth-order valence-corrected chi connectivity index (χ4v) is 12.5. The van der Waals surface area contributed by atoms with E-state index in [1.807, 2.05) is 84.9 Å². The van der Waals surface area contributed by atoms with Crippen LogP contribution in [0.3, 0.4) is 0 Å². The number of nitrogens with zero attached hydrogens (tertiary/aromatic N) is 4. The molecule has 344 valence electrons. The van der Waals surface area contributed by atoms with E-state index in [-0.39, 0.29) is 54.6 Å². The normalized spacial score (nSPS) is 25.3. The van der Waals surface area contributed by atoms with Gasteiger partial charge in [0.1, 0.15) is 50.5 Å². The molecule has 0 N–H and O–H groups in total. The van der Waals surface area contributed by atoms with E-state index in [0.29, 0.717) is 72.4 Å². The van der Waals surface area contributed by atoms with Crippen molar-refractivity contribution in [2.75, 3.05) is 13.1 Å². The highest BCUT2D eigenvalue weighted by atomic mass is 28.4. The maximum atomic E-state index is 14.0. The molecule has 66 heavy (non-hydrogen) atoms. The van der Waals surface area contributed by atoms with Crippen LogP contribution in [0, 0.1) is 22.7 Å². The van der Waals surface area contributed by atoms with Crippen LogP contribution in [-0.4, -0.2) is 74.8 Å². The summed E-state index contributed by atoms with van der Waals surface area (Å²) in [5.74, 6) is -0.355. The number of nitriles is 2. The van der Waals surface area contributed by atoms with Crippen molar-refractivity contribution in [3.8, 4) is 12.1 Å². The summed E-state index contributed by atoms with van der Waals surface area (Å²) in [5, 5.41) is 45.7. The monoisotopic (exact) mass is 920 g/mol. The summed E-state index contributed by atoms with van der Waals surface area (Å²) in [6.45, 7) is 23.9. The highest BCUT2D eigenvalue weighted by molar-refractivity contribution is 6.74. The van der Waals surface area contributed by atoms with Gasteiger partial charge < -0.3 is 19.1 Å². The molecule has 2 amide bonds. The molecule has 4 heterocycles. The van der Waals surface area contributed by atoms with Crippen molar-refractivity contribution in [2.45, 2.75) is 128 Å². The molecule has 6 atom stereocenters. The number of hydrogen-bond acceptors (Lipinski definition) is 8. The number of benzene rings is 4. The molecule has 4 aliphatic rings. The third-order valence-electron chi connectivity index (χ3n) is 15.3. The van der Waals surface area contributed by atoms with Crippen LogP contribution in [0.25, 0.3) is 11.1 Å². The molecule has 8 rings (SSSR count). The Morgan fingerprint density at radius 1 is 0.561 bits per heavy atom. The minimum atomic E-state index is -2.06. The molecule has 10 nitrogen and oxygen atoms in total. The second-order valence-electron chi connectivity index (χ2n) is 21.7. The maximum absolute atomic E-state index is 14.0. The van der Waals surface area contributed by atoms with Crippen LogP contribution < -0.4 is 10.2 Å². The number of carbonyl (C=O) groups is 2. The summed E-state index contributed by atoms with van der Waals surface area (Å²) < 4.78 is 13.6. The molecule has 0 saturated carbocycles. The van der Waals surface area contributed by atoms with E-state index in [1.165, 1.54) is 0 Å². The van der Waals surface area contributed by atoms with Gasteiger partial charge in [0.15, 0.2) is 16.6 Å². The van der Waals surface area contributed by atoms with E-state index < -0.39 is 28.7 Å². The number of hydrogen-bond donors (Lipinski definition) is 0. The summed E-state index contributed by atoms with van der Waals surface area (Å²) in [6.07, 6.45) is 0.868. The van der Waals surface area contributed by atoms with Crippen LogP contribution in [0.2, 0.25) is 36.3 Å². The first kappa shape index (κ1) is 48.5. The molecule has 2 saturated heterocycles. The van der Waals surface area contributed by atoms with Gasteiger partial charge in [-0.2, -0.15) is 10.5 Å². The summed E-state index contributed by atoms with van der Waals surface area (Å²) in [4.78, 5) is 27.9. The Morgan fingerprint density at radius 2 is 0.879 bits per heavy atom. The zero-order valence-corrected chi connectivity index (χ0v) is 42.2. The van der Waals surface area contributed by atoms with E-state index in [2.05, 4.69) is 79.9 Å². The predicted molar refractivity (Wildman–Crippen MR) is 258 cm³/mol. The lowest BCUT2D eigenvalue weighted by molar-refractivity contribution is -0.873. The van der Waals surface area contributed by atoms with Crippen LogP contribution in [0.4, 0.5) is 0 Å². The van der Waals surface area contributed by atoms with Gasteiger partial charge in [-0.3, -0.25) is 0 Å². The molecule has 4 aromatic rings. The second kappa shape index (κ2) is 18.0. The van der Waals surface area contributed by atoms with Crippen molar-refractivity contribution in [1.29, 1.82) is 10.5 Å². The van der Waals surface area contributed by atoms with Crippen LogP contribution in [-0.2, 0) is 31.5 Å². The lowest BCUT2D eigenvalue weighted by Crippen LogP contribution is -2.54. The molecule has 2 fully saturated rings. The summed E-state index contributed by atoms with van der Waals surface area (Å²) in [6, 6.07) is 36.7. The molecular formula is C54H64N4O6Si2. The Hall–Kier alpha value is -5.45. The molecule has 0 aliphatic carbocycles. The SMILES string of the molecule is CC(C)(C)[Si](C)(C)OC1CC2C([O-])=C(c3ccccc3)C(=O)[N+]2(Cc2ccc(C#N)cc2)C1.CC(C)(C)[Si](C)(C)O[C@@H]1C[C@@H]2C([O-])=C(c3ccccc3)C(=O)[N@+]2(Cc2ccc(C#N)cc2)C1. The van der Waals surface area contributed by atoms with Crippen LogP contribution >= 0.6 is 0 Å². The molecular weight excluding hydrogens is 857 g/mol. The van der Waals surface area contributed by atoms with Gasteiger partial charge in [0.05, 0.1) is 34.4 Å². The molecule has 3 unspecified atom stereocenters. The fraction of sp³-hybridized carbons (Fsp3) is 0.407. The van der Waals surface area contributed by atoms with E-state index >= 15 is 0 Å². The zero-order valence-electron chi connectivity index (χ0n) is 40.2. The topological polar surface area (TPSA) is 146 Å². The van der Waals surface area contributed by atoms with E-state index in [9.17, 15) is 19.8 Å². The van der Waals surface area contributed by atoms with Gasteiger partial charge in [-0.25, -0.2) is 18.6 Å². The minimum Gasteiger partial charge on any atom is -0.871 e. The van der Waals surface area contributed by atoms with E-state index in [4.69, 9.17) is 19.4 Å². The zero-order chi connectivity index (χ0) is 48.0. The van der Waals surface area contributed by atoms with Crippen molar-refractivity contribution in [3.05, 3.63) is 154 Å². The highest BCUT2D eigenvalue weighted by Crippen LogP contribution is 2.49. The smallest absolute Gasteiger partial charge is 0.346 e. The Morgan fingerprint density at radius 3 is 1.17 bits per heavy atom. The molecule has 0 radical (unpaired) electrons. The number of carbonyl (C=O) groups excluding carboxylic acids is 2. The first-order valence-electron chi connectivity index (χ1n) is 23.1. The number of amides is 2. The van der Waals surface area contributed by atoms with Gasteiger partial charge in [-0.15, -0.1) is 0 Å². The summed E-state index contributed by atoms with van der Waals surface area (Å²) in [5.41, 5.74) is 5.08. The standard InChI is InChI=1S/2C27H32N2O3Si/c2*1-27(2,3)33(4,5)32-22-15-23-25(30)24(21-9-7-6-8-10-21)26(31)29(23,18-22)17-20-13-11-19(16-28)12-14-20/h2*6-14,22-23H,15,17-18H2,1-5H3/t22-,23-,29-;/m1./s1. The largest absolute Gasteiger partial charge is 0.871 e. The first-order chi connectivity index (χ1) is 31.0. The minimum absolute atomic E-state index is 0.0489. The lowest BCUT2D eigenvalue weighted by Gasteiger charge is -2.38. The molecule has 0 spiro atoms. The Labute approximate surface area is 393 Å². The number of quaternary nitrogens is 2. The van der Waals surface area contributed by atoms with Gasteiger partial charge in [0.2, 0.25) is 0 Å². The third-order valence-corrected chi connectivity index (χ3v) is 24.4. The average Bonchev–Trinajstić information content (AvgIpc) is 3.92. The Bertz CT molecular complexity index is 2440. The highest BCUT2D eigenvalue weighted by Gasteiger charge is 2.61. The van der Waals surface area contributed by atoms with E-state index in [1.54, 1.807) is 24.3 Å². The number of fused-ring (bicyclic) bond motifs is 2. The Balaban J connectivity index is 0.000000196. The van der Waals surface area contributed by atoms with E-state index in [0.717, 1.165) is 11.1 Å². The van der Waals surface area contributed by atoms with Crippen LogP contribution in [0.5, 0.6) is 0 Å². The van der Waals surface area contributed by atoms with Crippen LogP contribution in [0.15, 0.2) is 121 Å². The molecule has 12 heteroatoms. The van der Waals surface area contributed by atoms with Gasteiger partial charge in [0.25, 0.3) is 0 Å². The maximum Gasteiger partial charge on any atom is 0.346 e. The Kier molecular flexibility index (Phi) is 13.2. The average molecular weight is 921 g/mol. The van der Waals surface area contributed by atoms with Crippen molar-refractivity contribution >= 4 is 39.6 Å². The quantitative estimate of drug-likeness (QED) is 0.113. The molecule has 0 bridgehead atoms.